The second kappa shape index (κ2) is 9.09. The predicted molar refractivity (Wildman–Crippen MR) is 104 cm³/mol. The lowest BCUT2D eigenvalue weighted by Gasteiger charge is -2.11. The van der Waals surface area contributed by atoms with Crippen molar-refractivity contribution in [2.75, 3.05) is 11.9 Å². The molecular weight excluding hydrogens is 470 g/mol. The van der Waals surface area contributed by atoms with E-state index in [-0.39, 0.29) is 11.3 Å². The summed E-state index contributed by atoms with van der Waals surface area (Å²) < 4.78 is 7.58. The largest absolute Gasteiger partial charge is 0.451 e. The zero-order chi connectivity index (χ0) is 19.3. The number of rotatable bonds is 6. The second-order valence-corrected chi connectivity index (χ2v) is 7.22. The third-order valence-corrected chi connectivity index (χ3v) is 4.55. The van der Waals surface area contributed by atoms with Crippen molar-refractivity contribution in [1.29, 1.82) is 0 Å². The Morgan fingerprint density at radius 1 is 1.23 bits per heavy atom. The number of esters is 1. The number of ether oxygens (including phenoxy) is 1. The molecule has 0 radical (unpaired) electrons. The van der Waals surface area contributed by atoms with Crippen LogP contribution in [0.15, 0.2) is 38.0 Å². The summed E-state index contributed by atoms with van der Waals surface area (Å²) in [6.45, 7) is 3.74. The molecule has 1 amide bonds. The van der Waals surface area contributed by atoms with Gasteiger partial charge in [-0.25, -0.2) is 9.48 Å². The number of nitrogens with one attached hydrogen (secondary N) is 1. The minimum Gasteiger partial charge on any atom is -0.451 e. The molecule has 1 aromatic carbocycles. The minimum atomic E-state index is -0.771. The van der Waals surface area contributed by atoms with Crippen molar-refractivity contribution < 1.29 is 14.3 Å². The summed E-state index contributed by atoms with van der Waals surface area (Å²) >= 11 is 6.76. The summed E-state index contributed by atoms with van der Waals surface area (Å²) in [6, 6.07) is 6.24. The van der Waals surface area contributed by atoms with Crippen molar-refractivity contribution in [2.24, 2.45) is 0 Å². The van der Waals surface area contributed by atoms with Crippen molar-refractivity contribution in [3.05, 3.63) is 54.8 Å². The fourth-order valence-electron chi connectivity index (χ4n) is 2.13. The number of hydrogen-bond donors (Lipinski definition) is 1. The Morgan fingerprint density at radius 3 is 2.50 bits per heavy atom. The second-order valence-electron chi connectivity index (χ2n) is 5.51. The van der Waals surface area contributed by atoms with Gasteiger partial charge in [0.1, 0.15) is 0 Å². The molecule has 1 N–H and O–H groups in total. The first-order valence-corrected chi connectivity index (χ1v) is 9.41. The maximum atomic E-state index is 12.1. The maximum Gasteiger partial charge on any atom is 0.359 e. The molecule has 138 valence electrons. The molecule has 0 aliphatic rings. The average Bonchev–Trinajstić information content (AvgIpc) is 2.58. The molecule has 9 heteroatoms. The van der Waals surface area contributed by atoms with E-state index in [4.69, 9.17) is 4.74 Å². The molecule has 0 aliphatic heterocycles. The van der Waals surface area contributed by atoms with Crippen LogP contribution in [-0.2, 0) is 16.1 Å². The van der Waals surface area contributed by atoms with Crippen molar-refractivity contribution >= 4 is 49.4 Å². The van der Waals surface area contributed by atoms with Crippen molar-refractivity contribution in [2.45, 2.75) is 26.8 Å². The third-order valence-electron chi connectivity index (χ3n) is 3.30. The van der Waals surface area contributed by atoms with Gasteiger partial charge in [0.15, 0.2) is 12.3 Å². The lowest BCUT2D eigenvalue weighted by molar-refractivity contribution is -0.119. The molecule has 26 heavy (non-hydrogen) atoms. The number of nitrogens with zero attached hydrogens (tertiary/aromatic N) is 2. The lowest BCUT2D eigenvalue weighted by Crippen LogP contribution is -2.26. The van der Waals surface area contributed by atoms with E-state index in [1.807, 2.05) is 26.0 Å². The molecule has 0 bridgehead atoms. The van der Waals surface area contributed by atoms with E-state index >= 15 is 0 Å². The van der Waals surface area contributed by atoms with Crippen LogP contribution >= 0.6 is 31.9 Å². The molecule has 0 saturated carbocycles. The molecular formula is C17H17Br2N3O4. The van der Waals surface area contributed by atoms with Crippen LogP contribution in [0.25, 0.3) is 0 Å². The number of hydrogen-bond acceptors (Lipinski definition) is 5. The van der Waals surface area contributed by atoms with Gasteiger partial charge in [0.2, 0.25) is 0 Å². The van der Waals surface area contributed by atoms with Crippen LogP contribution in [0.4, 0.5) is 5.69 Å². The molecule has 2 rings (SSSR count). The standard InChI is InChI=1S/C17H17Br2N3O4/c1-3-6-22-15(24)5-4-13(21-22)17(25)26-9-14(23)20-16-11(18)7-10(2)8-12(16)19/h4-5,7-8H,3,6,9H2,1-2H3,(H,20,23). The van der Waals surface area contributed by atoms with Crippen molar-refractivity contribution in [3.63, 3.8) is 0 Å². The summed E-state index contributed by atoms with van der Waals surface area (Å²) in [6.07, 6.45) is 0.702. The summed E-state index contributed by atoms with van der Waals surface area (Å²) in [5.41, 5.74) is 1.24. The summed E-state index contributed by atoms with van der Waals surface area (Å²) in [5, 5.41) is 6.61. The van der Waals surface area contributed by atoms with E-state index in [1.165, 1.54) is 16.8 Å². The van der Waals surface area contributed by atoms with Gasteiger partial charge < -0.3 is 10.1 Å². The highest BCUT2D eigenvalue weighted by Gasteiger charge is 2.15. The molecule has 0 spiro atoms. The molecule has 0 saturated heterocycles. The van der Waals surface area contributed by atoms with Crippen LogP contribution in [0.1, 0.15) is 29.4 Å². The number of halogens is 2. The number of carbonyl (C=O) groups is 2. The Bertz CT molecular complexity index is 873. The third kappa shape index (κ3) is 5.25. The van der Waals surface area contributed by atoms with Crippen LogP contribution in [0, 0.1) is 6.92 Å². The van der Waals surface area contributed by atoms with Gasteiger partial charge in [-0.1, -0.05) is 6.92 Å². The number of amides is 1. The number of benzene rings is 1. The molecule has 0 unspecified atom stereocenters. The molecule has 0 fully saturated rings. The van der Waals surface area contributed by atoms with Gasteiger partial charge in [0.05, 0.1) is 5.69 Å². The monoisotopic (exact) mass is 485 g/mol. The molecule has 0 aliphatic carbocycles. The quantitative estimate of drug-likeness (QED) is 0.632. The van der Waals surface area contributed by atoms with Crippen molar-refractivity contribution in [3.8, 4) is 0 Å². The highest BCUT2D eigenvalue weighted by molar-refractivity contribution is 9.11. The smallest absolute Gasteiger partial charge is 0.359 e. The Hall–Kier alpha value is -2.00. The van der Waals surface area contributed by atoms with E-state index in [2.05, 4.69) is 42.3 Å². The van der Waals surface area contributed by atoms with E-state index in [1.54, 1.807) is 0 Å². The highest BCUT2D eigenvalue weighted by Crippen LogP contribution is 2.32. The Labute approximate surface area is 167 Å². The topological polar surface area (TPSA) is 90.3 Å². The van der Waals surface area contributed by atoms with E-state index in [9.17, 15) is 14.4 Å². The van der Waals surface area contributed by atoms with Gasteiger partial charge in [0, 0.05) is 21.6 Å². The first-order valence-electron chi connectivity index (χ1n) is 7.82. The first-order chi connectivity index (χ1) is 12.3. The maximum absolute atomic E-state index is 12.1. The van der Waals surface area contributed by atoms with E-state index in [0.29, 0.717) is 27.6 Å². The van der Waals surface area contributed by atoms with E-state index in [0.717, 1.165) is 5.56 Å². The molecule has 1 aromatic heterocycles. The first kappa shape index (κ1) is 20.3. The van der Waals surface area contributed by atoms with Gasteiger partial charge in [-0.3, -0.25) is 9.59 Å². The zero-order valence-electron chi connectivity index (χ0n) is 14.2. The molecule has 0 atom stereocenters. The van der Waals surface area contributed by atoms with Gasteiger partial charge in [-0.2, -0.15) is 5.10 Å². The van der Waals surface area contributed by atoms with Crippen LogP contribution in [-0.4, -0.2) is 28.3 Å². The van der Waals surface area contributed by atoms with Gasteiger partial charge in [-0.05, 0) is 69.0 Å². The Kier molecular flexibility index (Phi) is 7.10. The summed E-state index contributed by atoms with van der Waals surface area (Å²) in [4.78, 5) is 35.7. The number of aryl methyl sites for hydroxylation is 2. The van der Waals surface area contributed by atoms with Gasteiger partial charge >= 0.3 is 5.97 Å². The molecule has 7 nitrogen and oxygen atoms in total. The van der Waals surface area contributed by atoms with Crippen LogP contribution < -0.4 is 10.9 Å². The highest BCUT2D eigenvalue weighted by atomic mass is 79.9. The summed E-state index contributed by atoms with van der Waals surface area (Å²) in [7, 11) is 0. The number of aromatic nitrogens is 2. The predicted octanol–water partition coefficient (Wildman–Crippen LogP) is 3.28. The zero-order valence-corrected chi connectivity index (χ0v) is 17.4. The summed E-state index contributed by atoms with van der Waals surface area (Å²) in [5.74, 6) is -1.27. The molecule has 2 aromatic rings. The fraction of sp³-hybridized carbons (Fsp3) is 0.294. The average molecular weight is 487 g/mol. The van der Waals surface area contributed by atoms with Gasteiger partial charge in [0.25, 0.3) is 11.5 Å². The van der Waals surface area contributed by atoms with Crippen LogP contribution in [0.3, 0.4) is 0 Å². The number of anilines is 1. The van der Waals surface area contributed by atoms with Gasteiger partial charge in [-0.15, -0.1) is 0 Å². The lowest BCUT2D eigenvalue weighted by atomic mass is 10.2. The normalized spacial score (nSPS) is 10.5. The van der Waals surface area contributed by atoms with Crippen LogP contribution in [0.2, 0.25) is 0 Å². The Morgan fingerprint density at radius 2 is 1.88 bits per heavy atom. The van der Waals surface area contributed by atoms with E-state index < -0.39 is 18.5 Å². The fourth-order valence-corrected chi connectivity index (χ4v) is 3.74. The SMILES string of the molecule is CCCn1nc(C(=O)OCC(=O)Nc2c(Br)cc(C)cc2Br)ccc1=O. The van der Waals surface area contributed by atoms with Crippen LogP contribution in [0.5, 0.6) is 0 Å². The molecule has 1 heterocycles. The minimum absolute atomic E-state index is 0.0245. The Balaban J connectivity index is 2.00. The number of carbonyl (C=O) groups excluding carboxylic acids is 2. The van der Waals surface area contributed by atoms with Crippen molar-refractivity contribution in [1.82, 2.24) is 9.78 Å².